The maximum atomic E-state index is 12.2. The predicted octanol–water partition coefficient (Wildman–Crippen LogP) is 3.76. The number of hydrogen-bond donors (Lipinski definition) is 1. The Morgan fingerprint density at radius 1 is 1.17 bits per heavy atom. The lowest BCUT2D eigenvalue weighted by Crippen LogP contribution is -2.44. The lowest BCUT2D eigenvalue weighted by Gasteiger charge is -2.35. The number of nitrogens with zero attached hydrogens (tertiary/aromatic N) is 5. The molecule has 9 heteroatoms. The molecule has 0 saturated carbocycles. The molecular formula is C26H34N6O3. The van der Waals surface area contributed by atoms with Crippen LogP contribution in [0.2, 0.25) is 0 Å². The zero-order valence-electron chi connectivity index (χ0n) is 20.8. The Labute approximate surface area is 205 Å². The Bertz CT molecular complexity index is 1190. The van der Waals surface area contributed by atoms with E-state index < -0.39 is 0 Å². The highest BCUT2D eigenvalue weighted by Gasteiger charge is 2.28. The third-order valence-electron chi connectivity index (χ3n) is 7.00. The minimum atomic E-state index is 0.227. The normalized spacial score (nSPS) is 19.3. The van der Waals surface area contributed by atoms with Crippen molar-refractivity contribution in [3.63, 3.8) is 0 Å². The molecule has 3 aromatic rings. The van der Waals surface area contributed by atoms with Crippen LogP contribution in [0.4, 0.5) is 5.82 Å². The number of carbonyl (C=O) groups excluding carboxylic acids is 1. The zero-order valence-corrected chi connectivity index (χ0v) is 20.8. The fraction of sp³-hybridized carbons (Fsp3) is 0.538. The number of likely N-dealkylation sites (tertiary alicyclic amines) is 1. The van der Waals surface area contributed by atoms with Crippen LogP contribution < -0.4 is 9.64 Å². The molecule has 0 aliphatic carbocycles. The molecule has 0 unspecified atom stereocenters. The van der Waals surface area contributed by atoms with E-state index in [1.165, 1.54) is 0 Å². The zero-order chi connectivity index (χ0) is 24.4. The van der Waals surface area contributed by atoms with Crippen molar-refractivity contribution in [2.45, 2.75) is 52.0 Å². The summed E-state index contributed by atoms with van der Waals surface area (Å²) in [5.41, 5.74) is 2.70. The minimum Gasteiger partial charge on any atom is -0.478 e. The number of piperidine rings is 1. The van der Waals surface area contributed by atoms with Crippen LogP contribution in [-0.2, 0) is 9.53 Å². The second kappa shape index (κ2) is 10.2. The summed E-state index contributed by atoms with van der Waals surface area (Å²) in [5, 5.41) is 0.968. The first kappa shape index (κ1) is 23.5. The number of carbonyl (C=O) groups is 1. The van der Waals surface area contributed by atoms with Crippen molar-refractivity contribution >= 4 is 22.8 Å². The van der Waals surface area contributed by atoms with Gasteiger partial charge in [-0.2, -0.15) is 4.98 Å². The van der Waals surface area contributed by atoms with Crippen molar-refractivity contribution in [1.82, 2.24) is 24.8 Å². The molecule has 2 aliphatic rings. The Morgan fingerprint density at radius 3 is 2.74 bits per heavy atom. The SMILES string of the molecule is CCOc1cc(-c2nc(C3CCN(C(=O)CC)CC3)cc(N3CCOC[C@H]3C)n2)c2cc[nH]c2n1. The fourth-order valence-corrected chi connectivity index (χ4v) is 5.07. The Balaban J connectivity index is 1.56. The molecule has 5 rings (SSSR count). The van der Waals surface area contributed by atoms with Gasteiger partial charge in [-0.25, -0.2) is 9.97 Å². The van der Waals surface area contributed by atoms with Crippen molar-refractivity contribution in [3.05, 3.63) is 30.1 Å². The number of ether oxygens (including phenoxy) is 2. The van der Waals surface area contributed by atoms with Gasteiger partial charge in [0.2, 0.25) is 11.8 Å². The summed E-state index contributed by atoms with van der Waals surface area (Å²) in [6.07, 6.45) is 4.24. The number of nitrogens with one attached hydrogen (secondary N) is 1. The number of anilines is 1. The van der Waals surface area contributed by atoms with Crippen LogP contribution in [0.3, 0.4) is 0 Å². The van der Waals surface area contributed by atoms with Crippen molar-refractivity contribution in [2.24, 2.45) is 0 Å². The molecule has 0 bridgehead atoms. The molecule has 1 N–H and O–H groups in total. The first-order valence-electron chi connectivity index (χ1n) is 12.7. The van der Waals surface area contributed by atoms with Crippen LogP contribution in [0.25, 0.3) is 22.4 Å². The summed E-state index contributed by atoms with van der Waals surface area (Å²) in [5.74, 6) is 2.66. The van der Waals surface area contributed by atoms with Crippen LogP contribution in [0, 0.1) is 0 Å². The largest absolute Gasteiger partial charge is 0.478 e. The number of aromatic nitrogens is 4. The topological polar surface area (TPSA) is 96.5 Å². The Hall–Kier alpha value is -3.20. The van der Waals surface area contributed by atoms with Crippen LogP contribution in [-0.4, -0.2) is 76.2 Å². The molecule has 9 nitrogen and oxygen atoms in total. The first-order chi connectivity index (χ1) is 17.1. The molecule has 35 heavy (non-hydrogen) atoms. The predicted molar refractivity (Wildman–Crippen MR) is 135 cm³/mol. The van der Waals surface area contributed by atoms with Crippen molar-refractivity contribution < 1.29 is 14.3 Å². The Kier molecular flexibility index (Phi) is 6.86. The highest BCUT2D eigenvalue weighted by molar-refractivity contribution is 5.92. The van der Waals surface area contributed by atoms with Gasteiger partial charge in [-0.05, 0) is 32.8 Å². The summed E-state index contributed by atoms with van der Waals surface area (Å²) in [6, 6.07) is 6.32. The molecule has 0 spiro atoms. The van der Waals surface area contributed by atoms with E-state index in [0.717, 1.165) is 60.6 Å². The van der Waals surface area contributed by atoms with Crippen LogP contribution in [0.15, 0.2) is 24.4 Å². The molecule has 0 aromatic carbocycles. The molecule has 1 atom stereocenters. The molecule has 2 fully saturated rings. The van der Waals surface area contributed by atoms with Gasteiger partial charge in [0.1, 0.15) is 11.5 Å². The maximum Gasteiger partial charge on any atom is 0.222 e. The summed E-state index contributed by atoms with van der Waals surface area (Å²) in [4.78, 5) is 34.4. The number of rotatable bonds is 6. The van der Waals surface area contributed by atoms with Crippen LogP contribution in [0.5, 0.6) is 5.88 Å². The van der Waals surface area contributed by atoms with Gasteiger partial charge in [0.15, 0.2) is 5.82 Å². The second-order valence-corrected chi connectivity index (χ2v) is 9.28. The number of H-pyrrole nitrogens is 1. The number of aromatic amines is 1. The van der Waals surface area contributed by atoms with E-state index >= 15 is 0 Å². The highest BCUT2D eigenvalue weighted by atomic mass is 16.5. The number of fused-ring (bicyclic) bond motifs is 1. The molecule has 0 radical (unpaired) electrons. The smallest absolute Gasteiger partial charge is 0.222 e. The standard InChI is InChI=1S/C26H34N6O3/c1-4-24(33)31-10-7-18(8-11-31)21-15-22(32-12-13-34-16-17(32)3)29-26(28-21)20-14-23(35-5-2)30-25-19(20)6-9-27-25/h6,9,14-15,17-18H,4-5,7-8,10-13,16H2,1-3H3,(H,27,30)/t17-/m1/s1. The maximum absolute atomic E-state index is 12.2. The Morgan fingerprint density at radius 2 is 2.00 bits per heavy atom. The van der Waals surface area contributed by atoms with Gasteiger partial charge in [-0.3, -0.25) is 4.79 Å². The van der Waals surface area contributed by atoms with Crippen LogP contribution in [0.1, 0.15) is 51.6 Å². The average molecular weight is 479 g/mol. The molecule has 5 heterocycles. The quantitative estimate of drug-likeness (QED) is 0.576. The van der Waals surface area contributed by atoms with E-state index in [9.17, 15) is 4.79 Å². The summed E-state index contributed by atoms with van der Waals surface area (Å²) in [7, 11) is 0. The van der Waals surface area contributed by atoms with Gasteiger partial charge in [0.25, 0.3) is 0 Å². The van der Waals surface area contributed by atoms with Crippen LogP contribution >= 0.6 is 0 Å². The second-order valence-electron chi connectivity index (χ2n) is 9.28. The lowest BCUT2D eigenvalue weighted by molar-refractivity contribution is -0.131. The number of morpholine rings is 1. The molecule has 3 aromatic heterocycles. The van der Waals surface area contributed by atoms with Gasteiger partial charge in [-0.15, -0.1) is 0 Å². The average Bonchev–Trinajstić information content (AvgIpc) is 3.37. The lowest BCUT2D eigenvalue weighted by atomic mass is 9.92. The molecule has 186 valence electrons. The molecular weight excluding hydrogens is 444 g/mol. The van der Waals surface area contributed by atoms with Crippen molar-refractivity contribution in [1.29, 1.82) is 0 Å². The van der Waals surface area contributed by atoms with E-state index in [0.29, 0.717) is 37.9 Å². The van der Waals surface area contributed by atoms with Gasteiger partial charge >= 0.3 is 0 Å². The number of pyridine rings is 1. The first-order valence-corrected chi connectivity index (χ1v) is 12.7. The van der Waals surface area contributed by atoms with E-state index in [2.05, 4.69) is 27.9 Å². The molecule has 2 aliphatic heterocycles. The number of hydrogen-bond acceptors (Lipinski definition) is 7. The van der Waals surface area contributed by atoms with E-state index in [1.54, 1.807) is 0 Å². The van der Waals surface area contributed by atoms with Gasteiger partial charge in [0, 0.05) is 66.9 Å². The molecule has 2 saturated heterocycles. The van der Waals surface area contributed by atoms with E-state index in [1.807, 2.05) is 37.1 Å². The highest BCUT2D eigenvalue weighted by Crippen LogP contribution is 2.34. The third-order valence-corrected chi connectivity index (χ3v) is 7.00. The minimum absolute atomic E-state index is 0.227. The van der Waals surface area contributed by atoms with Crippen molar-refractivity contribution in [3.8, 4) is 17.3 Å². The van der Waals surface area contributed by atoms with Gasteiger partial charge in [0.05, 0.1) is 25.9 Å². The molecule has 1 amide bonds. The fourth-order valence-electron chi connectivity index (χ4n) is 5.07. The van der Waals surface area contributed by atoms with E-state index in [4.69, 9.17) is 19.4 Å². The van der Waals surface area contributed by atoms with Gasteiger partial charge in [-0.1, -0.05) is 6.92 Å². The third kappa shape index (κ3) is 4.82. The summed E-state index contributed by atoms with van der Waals surface area (Å²) < 4.78 is 11.4. The summed E-state index contributed by atoms with van der Waals surface area (Å²) in [6.45, 7) is 10.3. The monoisotopic (exact) mass is 478 g/mol. The number of amides is 1. The van der Waals surface area contributed by atoms with Crippen molar-refractivity contribution in [2.75, 3.05) is 44.4 Å². The van der Waals surface area contributed by atoms with E-state index in [-0.39, 0.29) is 17.9 Å². The van der Waals surface area contributed by atoms with Gasteiger partial charge < -0.3 is 24.3 Å². The summed E-state index contributed by atoms with van der Waals surface area (Å²) >= 11 is 0.